The highest BCUT2D eigenvalue weighted by atomic mass is 16.5. The normalized spacial score (nSPS) is 32.6. The van der Waals surface area contributed by atoms with Crippen LogP contribution in [0.4, 0.5) is 0 Å². The van der Waals surface area contributed by atoms with Gasteiger partial charge in [-0.15, -0.1) is 0 Å². The number of methoxy groups -OCH3 is 1. The van der Waals surface area contributed by atoms with Gasteiger partial charge in [0.1, 0.15) is 5.60 Å². The molecule has 3 aliphatic heterocycles. The second kappa shape index (κ2) is 6.43. The van der Waals surface area contributed by atoms with Gasteiger partial charge in [0, 0.05) is 24.6 Å². The van der Waals surface area contributed by atoms with E-state index >= 15 is 0 Å². The number of amides is 1. The van der Waals surface area contributed by atoms with E-state index < -0.39 is 0 Å². The standard InChI is InChI=1S/C20H28N2O4/c1-20(2)14-9-12-10-22(11-17(21)23)8-7-15(12)25-18(14)13-5-4-6-16(24-3)19(13)26-20/h4-6,12,14-15,18H,7-11H2,1-3H3,(H2,21,23)/t12-,14+,15+,18-/m1/s1. The average molecular weight is 360 g/mol. The number of carbonyl (C=O) groups excluding carboxylic acids is 1. The number of hydrogen-bond donors (Lipinski definition) is 1. The maximum absolute atomic E-state index is 11.3. The van der Waals surface area contributed by atoms with E-state index in [2.05, 4.69) is 24.8 Å². The molecule has 2 saturated heterocycles. The lowest BCUT2D eigenvalue weighted by molar-refractivity contribution is -0.187. The van der Waals surface area contributed by atoms with Crippen LogP contribution >= 0.6 is 0 Å². The second-order valence-electron chi connectivity index (χ2n) is 8.27. The third kappa shape index (κ3) is 2.95. The van der Waals surface area contributed by atoms with E-state index in [0.29, 0.717) is 12.5 Å². The number of carbonyl (C=O) groups is 1. The van der Waals surface area contributed by atoms with Crippen LogP contribution in [0.2, 0.25) is 0 Å². The first kappa shape index (κ1) is 17.6. The smallest absolute Gasteiger partial charge is 0.231 e. The molecule has 3 aliphatic rings. The summed E-state index contributed by atoms with van der Waals surface area (Å²) in [5.74, 6) is 1.97. The lowest BCUT2D eigenvalue weighted by atomic mass is 9.70. The van der Waals surface area contributed by atoms with Crippen LogP contribution in [0.1, 0.15) is 38.4 Å². The number of hydrogen-bond acceptors (Lipinski definition) is 5. The lowest BCUT2D eigenvalue weighted by Gasteiger charge is -2.53. The summed E-state index contributed by atoms with van der Waals surface area (Å²) in [4.78, 5) is 13.4. The highest BCUT2D eigenvalue weighted by Gasteiger charge is 2.51. The molecule has 6 heteroatoms. The Kier molecular flexibility index (Phi) is 4.35. The molecule has 4 atom stereocenters. The Labute approximate surface area is 154 Å². The third-order valence-electron chi connectivity index (χ3n) is 6.17. The largest absolute Gasteiger partial charge is 0.493 e. The van der Waals surface area contributed by atoms with Crippen LogP contribution in [0.5, 0.6) is 11.5 Å². The van der Waals surface area contributed by atoms with Crippen molar-refractivity contribution in [3.05, 3.63) is 23.8 Å². The van der Waals surface area contributed by atoms with Crippen LogP contribution in [0.25, 0.3) is 0 Å². The summed E-state index contributed by atoms with van der Waals surface area (Å²) in [6, 6.07) is 6.03. The molecule has 1 aromatic rings. The molecule has 142 valence electrons. The molecule has 6 nitrogen and oxygen atoms in total. The van der Waals surface area contributed by atoms with Gasteiger partial charge in [0.15, 0.2) is 11.5 Å². The van der Waals surface area contributed by atoms with Gasteiger partial charge in [0.05, 0.1) is 25.9 Å². The minimum Gasteiger partial charge on any atom is -0.493 e. The Balaban J connectivity index is 1.61. The minimum absolute atomic E-state index is 0.0211. The summed E-state index contributed by atoms with van der Waals surface area (Å²) in [5, 5.41) is 0. The summed E-state index contributed by atoms with van der Waals surface area (Å²) in [5.41, 5.74) is 6.12. The van der Waals surface area contributed by atoms with Crippen LogP contribution in [-0.4, -0.2) is 49.3 Å². The van der Waals surface area contributed by atoms with Gasteiger partial charge < -0.3 is 19.9 Å². The molecule has 1 amide bonds. The predicted octanol–water partition coefficient (Wildman–Crippen LogP) is 2.12. The van der Waals surface area contributed by atoms with E-state index in [4.69, 9.17) is 19.9 Å². The van der Waals surface area contributed by atoms with Crippen molar-refractivity contribution >= 4 is 5.91 Å². The van der Waals surface area contributed by atoms with Crippen molar-refractivity contribution in [1.82, 2.24) is 4.90 Å². The average Bonchev–Trinajstić information content (AvgIpc) is 2.59. The Morgan fingerprint density at radius 3 is 2.96 bits per heavy atom. The number of nitrogens with zero attached hydrogens (tertiary/aromatic N) is 1. The van der Waals surface area contributed by atoms with Crippen molar-refractivity contribution in [3.8, 4) is 11.5 Å². The highest BCUT2D eigenvalue weighted by molar-refractivity contribution is 5.75. The van der Waals surface area contributed by atoms with Crippen molar-refractivity contribution < 1.29 is 19.0 Å². The van der Waals surface area contributed by atoms with Gasteiger partial charge in [-0.25, -0.2) is 0 Å². The van der Waals surface area contributed by atoms with E-state index in [1.807, 2.05) is 12.1 Å². The van der Waals surface area contributed by atoms with Crippen LogP contribution < -0.4 is 15.2 Å². The van der Waals surface area contributed by atoms with Crippen LogP contribution in [0, 0.1) is 11.8 Å². The molecule has 0 aliphatic carbocycles. The molecule has 0 aromatic heterocycles. The zero-order valence-electron chi connectivity index (χ0n) is 15.7. The fourth-order valence-electron chi connectivity index (χ4n) is 4.89. The van der Waals surface area contributed by atoms with Crippen LogP contribution in [-0.2, 0) is 9.53 Å². The SMILES string of the molecule is COc1cccc2c1OC(C)(C)[C@H]1C[C@@H]3CN(CC(N)=O)CC[C@@H]3O[C@H]21. The highest BCUT2D eigenvalue weighted by Crippen LogP contribution is 2.54. The van der Waals surface area contributed by atoms with Gasteiger partial charge in [0.25, 0.3) is 0 Å². The van der Waals surface area contributed by atoms with Crippen molar-refractivity contribution in [3.63, 3.8) is 0 Å². The number of primary amides is 1. The summed E-state index contributed by atoms with van der Waals surface area (Å²) in [6.45, 7) is 6.31. The zero-order valence-corrected chi connectivity index (χ0v) is 15.7. The van der Waals surface area contributed by atoms with E-state index in [1.54, 1.807) is 7.11 Å². The molecule has 0 bridgehead atoms. The molecule has 0 spiro atoms. The van der Waals surface area contributed by atoms with Crippen LogP contribution in [0.3, 0.4) is 0 Å². The van der Waals surface area contributed by atoms with E-state index in [-0.39, 0.29) is 29.6 Å². The number of ether oxygens (including phenoxy) is 3. The van der Waals surface area contributed by atoms with E-state index in [9.17, 15) is 4.79 Å². The fraction of sp³-hybridized carbons (Fsp3) is 0.650. The van der Waals surface area contributed by atoms with Crippen molar-refractivity contribution in [2.75, 3.05) is 26.7 Å². The molecular weight excluding hydrogens is 332 g/mol. The lowest BCUT2D eigenvalue weighted by Crippen LogP contribution is -2.55. The summed E-state index contributed by atoms with van der Waals surface area (Å²) in [7, 11) is 1.67. The molecular formula is C20H28N2O4. The van der Waals surface area contributed by atoms with Gasteiger partial charge in [-0.2, -0.15) is 0 Å². The third-order valence-corrected chi connectivity index (χ3v) is 6.17. The molecule has 0 radical (unpaired) electrons. The van der Waals surface area contributed by atoms with Gasteiger partial charge in [-0.1, -0.05) is 12.1 Å². The number of benzene rings is 1. The molecule has 3 heterocycles. The molecule has 0 saturated carbocycles. The number of nitrogens with two attached hydrogens (primary N) is 1. The van der Waals surface area contributed by atoms with Crippen molar-refractivity contribution in [2.45, 2.75) is 44.5 Å². The Morgan fingerprint density at radius 2 is 2.23 bits per heavy atom. The number of para-hydroxylation sites is 1. The van der Waals surface area contributed by atoms with Crippen molar-refractivity contribution in [2.24, 2.45) is 17.6 Å². The Hall–Kier alpha value is -1.79. The van der Waals surface area contributed by atoms with Gasteiger partial charge in [-0.3, -0.25) is 9.69 Å². The molecule has 26 heavy (non-hydrogen) atoms. The van der Waals surface area contributed by atoms with Gasteiger partial charge in [0.2, 0.25) is 5.91 Å². The second-order valence-corrected chi connectivity index (χ2v) is 8.27. The number of piperidine rings is 1. The van der Waals surface area contributed by atoms with E-state index in [0.717, 1.165) is 43.0 Å². The number of rotatable bonds is 3. The van der Waals surface area contributed by atoms with Crippen LogP contribution in [0.15, 0.2) is 18.2 Å². The number of likely N-dealkylation sites (tertiary alicyclic amines) is 1. The zero-order chi connectivity index (χ0) is 18.5. The predicted molar refractivity (Wildman–Crippen MR) is 97.2 cm³/mol. The van der Waals surface area contributed by atoms with E-state index in [1.165, 1.54) is 0 Å². The Morgan fingerprint density at radius 1 is 1.42 bits per heavy atom. The first-order valence-corrected chi connectivity index (χ1v) is 9.41. The molecule has 4 rings (SSSR count). The first-order chi connectivity index (χ1) is 12.4. The fourth-order valence-corrected chi connectivity index (χ4v) is 4.89. The monoisotopic (exact) mass is 360 g/mol. The molecule has 2 N–H and O–H groups in total. The summed E-state index contributed by atoms with van der Waals surface area (Å²) in [6.07, 6.45) is 2.19. The molecule has 1 aromatic carbocycles. The summed E-state index contributed by atoms with van der Waals surface area (Å²) < 4.78 is 18.5. The quantitative estimate of drug-likeness (QED) is 0.894. The molecule has 2 fully saturated rings. The Bertz CT molecular complexity index is 705. The molecule has 0 unspecified atom stereocenters. The van der Waals surface area contributed by atoms with Gasteiger partial charge >= 0.3 is 0 Å². The first-order valence-electron chi connectivity index (χ1n) is 9.41. The summed E-state index contributed by atoms with van der Waals surface area (Å²) >= 11 is 0. The topological polar surface area (TPSA) is 74.0 Å². The minimum atomic E-state index is -0.344. The number of fused-ring (bicyclic) bond motifs is 4. The van der Waals surface area contributed by atoms with Crippen molar-refractivity contribution in [1.29, 1.82) is 0 Å². The maximum atomic E-state index is 11.3. The maximum Gasteiger partial charge on any atom is 0.231 e. The van der Waals surface area contributed by atoms with Gasteiger partial charge in [-0.05, 0) is 38.7 Å².